The first-order valence-electron chi connectivity index (χ1n) is 6.47. The average Bonchev–Trinajstić information content (AvgIpc) is 2.82. The molecule has 22 heavy (non-hydrogen) atoms. The third-order valence-electron chi connectivity index (χ3n) is 3.15. The molecule has 0 saturated carbocycles. The lowest BCUT2D eigenvalue weighted by molar-refractivity contribution is -0.115. The molecule has 1 heterocycles. The molecule has 0 bridgehead atoms. The van der Waals surface area contributed by atoms with E-state index in [1.165, 1.54) is 0 Å². The summed E-state index contributed by atoms with van der Waals surface area (Å²) in [4.78, 5) is 28.6. The van der Waals surface area contributed by atoms with Crippen LogP contribution in [0.3, 0.4) is 0 Å². The Morgan fingerprint density at radius 2 is 1.77 bits per heavy atom. The molecular formula is C15H11Cl2N3O2. The van der Waals surface area contributed by atoms with Crippen LogP contribution in [0.5, 0.6) is 0 Å². The molecule has 0 aliphatic heterocycles. The van der Waals surface area contributed by atoms with E-state index in [2.05, 4.69) is 15.3 Å². The number of aromatic amines is 2. The third-order valence-corrected chi connectivity index (χ3v) is 3.89. The summed E-state index contributed by atoms with van der Waals surface area (Å²) >= 11 is 11.7. The first-order valence-corrected chi connectivity index (χ1v) is 7.23. The number of imidazole rings is 1. The van der Waals surface area contributed by atoms with Gasteiger partial charge in [-0.1, -0.05) is 29.3 Å². The zero-order valence-corrected chi connectivity index (χ0v) is 12.8. The molecule has 0 radical (unpaired) electrons. The van der Waals surface area contributed by atoms with Gasteiger partial charge in [0.1, 0.15) is 0 Å². The molecule has 1 amide bonds. The van der Waals surface area contributed by atoms with Crippen molar-refractivity contribution in [1.29, 1.82) is 0 Å². The molecule has 7 heteroatoms. The van der Waals surface area contributed by atoms with Crippen LogP contribution >= 0.6 is 23.2 Å². The zero-order chi connectivity index (χ0) is 15.7. The van der Waals surface area contributed by atoms with Crippen molar-refractivity contribution in [3.63, 3.8) is 0 Å². The van der Waals surface area contributed by atoms with Crippen molar-refractivity contribution in [1.82, 2.24) is 9.97 Å². The highest BCUT2D eigenvalue weighted by molar-refractivity contribution is 6.42. The predicted octanol–water partition coefficient (Wildman–Crippen LogP) is 3.34. The summed E-state index contributed by atoms with van der Waals surface area (Å²) in [5.41, 5.74) is 2.48. The van der Waals surface area contributed by atoms with Gasteiger partial charge >= 0.3 is 5.69 Å². The van der Waals surface area contributed by atoms with E-state index in [0.717, 1.165) is 5.56 Å². The van der Waals surface area contributed by atoms with Crippen molar-refractivity contribution in [2.75, 3.05) is 5.32 Å². The second-order valence-electron chi connectivity index (χ2n) is 4.81. The number of hydrogen-bond acceptors (Lipinski definition) is 2. The number of H-pyrrole nitrogens is 2. The fourth-order valence-corrected chi connectivity index (χ4v) is 2.45. The van der Waals surface area contributed by atoms with E-state index in [1.807, 2.05) is 0 Å². The van der Waals surface area contributed by atoms with Crippen LogP contribution in [0.25, 0.3) is 11.0 Å². The molecule has 3 aromatic rings. The predicted molar refractivity (Wildman–Crippen MR) is 87.7 cm³/mol. The number of aromatic nitrogens is 2. The molecule has 2 aromatic carbocycles. The Morgan fingerprint density at radius 1 is 1.00 bits per heavy atom. The first kappa shape index (κ1) is 14.7. The number of fused-ring (bicyclic) bond motifs is 1. The minimum atomic E-state index is -0.271. The third kappa shape index (κ3) is 3.16. The summed E-state index contributed by atoms with van der Waals surface area (Å²) in [5.74, 6) is -0.185. The lowest BCUT2D eigenvalue weighted by Gasteiger charge is -2.06. The maximum atomic E-state index is 12.1. The Hall–Kier alpha value is -2.24. The molecule has 1 aromatic heterocycles. The van der Waals surface area contributed by atoms with Crippen molar-refractivity contribution in [3.05, 3.63) is 62.5 Å². The SMILES string of the molecule is O=C(Cc1ccc2[nH]c(=O)[nH]c2c1)Nc1ccc(Cl)c(Cl)c1. The zero-order valence-electron chi connectivity index (χ0n) is 11.2. The summed E-state index contributed by atoms with van der Waals surface area (Å²) in [7, 11) is 0. The van der Waals surface area contributed by atoms with E-state index in [9.17, 15) is 9.59 Å². The van der Waals surface area contributed by atoms with Crippen LogP contribution in [0.1, 0.15) is 5.56 Å². The van der Waals surface area contributed by atoms with Gasteiger partial charge in [-0.15, -0.1) is 0 Å². The van der Waals surface area contributed by atoms with Gasteiger partial charge in [-0.2, -0.15) is 0 Å². The fraction of sp³-hybridized carbons (Fsp3) is 0.0667. The van der Waals surface area contributed by atoms with Gasteiger partial charge in [0.25, 0.3) is 0 Å². The summed E-state index contributed by atoms with van der Waals surface area (Å²) in [5, 5.41) is 3.56. The monoisotopic (exact) mass is 335 g/mol. The molecule has 0 unspecified atom stereocenters. The number of amides is 1. The van der Waals surface area contributed by atoms with Crippen molar-refractivity contribution < 1.29 is 4.79 Å². The van der Waals surface area contributed by atoms with Crippen LogP contribution in [-0.4, -0.2) is 15.9 Å². The van der Waals surface area contributed by atoms with E-state index < -0.39 is 0 Å². The molecule has 3 N–H and O–H groups in total. The highest BCUT2D eigenvalue weighted by atomic mass is 35.5. The number of carbonyl (C=O) groups excluding carboxylic acids is 1. The molecule has 3 rings (SSSR count). The number of nitrogens with one attached hydrogen (secondary N) is 3. The largest absolute Gasteiger partial charge is 0.326 e. The van der Waals surface area contributed by atoms with Gasteiger partial charge in [0, 0.05) is 5.69 Å². The highest BCUT2D eigenvalue weighted by Gasteiger charge is 2.07. The minimum Gasteiger partial charge on any atom is -0.326 e. The van der Waals surface area contributed by atoms with Crippen LogP contribution in [0.15, 0.2) is 41.2 Å². The number of hydrogen-bond donors (Lipinski definition) is 3. The van der Waals surface area contributed by atoms with E-state index >= 15 is 0 Å². The number of anilines is 1. The second kappa shape index (κ2) is 5.87. The van der Waals surface area contributed by atoms with Crippen LogP contribution in [0.2, 0.25) is 10.0 Å². The Labute approximate surface area is 135 Å². The van der Waals surface area contributed by atoms with Crippen LogP contribution < -0.4 is 11.0 Å². The van der Waals surface area contributed by atoms with Crippen molar-refractivity contribution in [3.8, 4) is 0 Å². The van der Waals surface area contributed by atoms with Crippen LogP contribution in [0, 0.1) is 0 Å². The van der Waals surface area contributed by atoms with Gasteiger partial charge in [0.15, 0.2) is 0 Å². The summed E-state index contributed by atoms with van der Waals surface area (Å²) in [6.45, 7) is 0. The van der Waals surface area contributed by atoms with Crippen molar-refractivity contribution >= 4 is 45.8 Å². The molecular weight excluding hydrogens is 325 g/mol. The Bertz CT molecular complexity index is 915. The minimum absolute atomic E-state index is 0.184. The van der Waals surface area contributed by atoms with Crippen LogP contribution in [-0.2, 0) is 11.2 Å². The molecule has 0 saturated heterocycles. The topological polar surface area (TPSA) is 77.8 Å². The van der Waals surface area contributed by atoms with Crippen molar-refractivity contribution in [2.45, 2.75) is 6.42 Å². The molecule has 112 valence electrons. The molecule has 5 nitrogen and oxygen atoms in total. The van der Waals surface area contributed by atoms with E-state index in [1.54, 1.807) is 36.4 Å². The first-order chi connectivity index (χ1) is 10.5. The lowest BCUT2D eigenvalue weighted by Crippen LogP contribution is -2.14. The smallest absolute Gasteiger partial charge is 0.323 e. The summed E-state index contributed by atoms with van der Waals surface area (Å²) in [6.07, 6.45) is 0.184. The molecule has 0 spiro atoms. The lowest BCUT2D eigenvalue weighted by atomic mass is 10.1. The van der Waals surface area contributed by atoms with Crippen LogP contribution in [0.4, 0.5) is 5.69 Å². The summed E-state index contributed by atoms with van der Waals surface area (Å²) in [6, 6.07) is 10.2. The average molecular weight is 336 g/mol. The Morgan fingerprint density at radius 3 is 2.55 bits per heavy atom. The van der Waals surface area contributed by atoms with Gasteiger partial charge < -0.3 is 15.3 Å². The van der Waals surface area contributed by atoms with Gasteiger partial charge in [-0.05, 0) is 35.9 Å². The number of rotatable bonds is 3. The van der Waals surface area contributed by atoms with E-state index in [-0.39, 0.29) is 18.0 Å². The highest BCUT2D eigenvalue weighted by Crippen LogP contribution is 2.25. The second-order valence-corrected chi connectivity index (χ2v) is 5.63. The standard InChI is InChI=1S/C15H11Cl2N3O2/c16-10-3-2-9(7-11(10)17)18-14(21)6-8-1-4-12-13(5-8)20-15(22)19-12/h1-5,7H,6H2,(H,18,21)(H2,19,20,22). The maximum absolute atomic E-state index is 12.1. The van der Waals surface area contributed by atoms with E-state index in [0.29, 0.717) is 26.8 Å². The van der Waals surface area contributed by atoms with Gasteiger partial charge in [0.05, 0.1) is 27.5 Å². The molecule has 0 fully saturated rings. The number of carbonyl (C=O) groups is 1. The van der Waals surface area contributed by atoms with Crippen molar-refractivity contribution in [2.24, 2.45) is 0 Å². The van der Waals surface area contributed by atoms with Gasteiger partial charge in [-0.25, -0.2) is 4.79 Å². The number of benzene rings is 2. The molecule has 0 atom stereocenters. The normalized spacial score (nSPS) is 10.8. The number of halogens is 2. The molecule has 0 aliphatic rings. The molecule has 0 aliphatic carbocycles. The summed E-state index contributed by atoms with van der Waals surface area (Å²) < 4.78 is 0. The van der Waals surface area contributed by atoms with E-state index in [4.69, 9.17) is 23.2 Å². The quantitative estimate of drug-likeness (QED) is 0.686. The van der Waals surface area contributed by atoms with Gasteiger partial charge in [-0.3, -0.25) is 4.79 Å². The Kier molecular flexibility index (Phi) is 3.92. The Balaban J connectivity index is 1.74. The van der Waals surface area contributed by atoms with Gasteiger partial charge in [0.2, 0.25) is 5.91 Å². The maximum Gasteiger partial charge on any atom is 0.323 e. The fourth-order valence-electron chi connectivity index (χ4n) is 2.15.